The van der Waals surface area contributed by atoms with Gasteiger partial charge in [0, 0.05) is 19.2 Å². The van der Waals surface area contributed by atoms with Crippen molar-refractivity contribution in [3.8, 4) is 0 Å². The number of carbonyl (C=O) groups excluding carboxylic acids is 1. The first-order valence-corrected chi connectivity index (χ1v) is 9.88. The molecule has 0 aliphatic rings. The molecule has 1 aromatic rings. The van der Waals surface area contributed by atoms with Crippen molar-refractivity contribution in [1.29, 1.82) is 0 Å². The minimum atomic E-state index is -0.509. The molecule has 1 atom stereocenters. The number of nitrogens with zero attached hydrogens (tertiary/aromatic N) is 1. The van der Waals surface area contributed by atoms with E-state index in [1.807, 2.05) is 6.21 Å². The van der Waals surface area contributed by atoms with Crippen LogP contribution in [0.1, 0.15) is 70.9 Å². The quantitative estimate of drug-likeness (QED) is 0.336. The molecule has 146 valence electrons. The topological polar surface area (TPSA) is 67.5 Å². The van der Waals surface area contributed by atoms with Crippen molar-refractivity contribution in [3.63, 3.8) is 0 Å². The summed E-state index contributed by atoms with van der Waals surface area (Å²) < 4.78 is 0. The average Bonchev–Trinajstić information content (AvgIpc) is 2.58. The molecule has 0 bridgehead atoms. The molecule has 4 heteroatoms. The Morgan fingerprint density at radius 2 is 1.81 bits per heavy atom. The monoisotopic (exact) mass is 359 g/mol. The third-order valence-electron chi connectivity index (χ3n) is 4.76. The molecule has 1 unspecified atom stereocenters. The van der Waals surface area contributed by atoms with E-state index in [-0.39, 0.29) is 5.41 Å². The van der Waals surface area contributed by atoms with Crippen molar-refractivity contribution in [2.75, 3.05) is 13.1 Å². The van der Waals surface area contributed by atoms with Gasteiger partial charge in [-0.1, -0.05) is 71.2 Å². The Bertz CT molecular complexity index is 546. The molecule has 1 rings (SSSR count). The molecular formula is C22H37N3O. The van der Waals surface area contributed by atoms with Crippen LogP contribution in [0.3, 0.4) is 0 Å². The highest BCUT2D eigenvalue weighted by Gasteiger charge is 2.27. The predicted molar refractivity (Wildman–Crippen MR) is 112 cm³/mol. The van der Waals surface area contributed by atoms with E-state index < -0.39 is 5.54 Å². The molecule has 26 heavy (non-hydrogen) atoms. The second kappa shape index (κ2) is 11.1. The summed E-state index contributed by atoms with van der Waals surface area (Å²) in [5.41, 5.74) is 7.94. The summed E-state index contributed by atoms with van der Waals surface area (Å²) in [6.07, 6.45) is 8.81. The molecule has 0 aliphatic carbocycles. The van der Waals surface area contributed by atoms with Crippen molar-refractivity contribution >= 4 is 12.6 Å². The average molecular weight is 360 g/mol. The summed E-state index contributed by atoms with van der Waals surface area (Å²) in [7, 11) is 0. The van der Waals surface area contributed by atoms with Crippen LogP contribution in [0.15, 0.2) is 29.3 Å². The van der Waals surface area contributed by atoms with Crippen LogP contribution in [-0.4, -0.2) is 31.3 Å². The van der Waals surface area contributed by atoms with Crippen LogP contribution in [0.4, 0.5) is 0 Å². The lowest BCUT2D eigenvalue weighted by Gasteiger charge is -2.29. The van der Waals surface area contributed by atoms with E-state index in [4.69, 9.17) is 5.73 Å². The van der Waals surface area contributed by atoms with Gasteiger partial charge in [0.05, 0.1) is 5.54 Å². The molecule has 0 fully saturated rings. The molecule has 0 aromatic heterocycles. The summed E-state index contributed by atoms with van der Waals surface area (Å²) in [6, 6.07) is 8.64. The number of unbranched alkanes of at least 4 members (excludes halogenated alkanes) is 3. The molecule has 0 aliphatic heterocycles. The summed E-state index contributed by atoms with van der Waals surface area (Å²) in [5, 5.41) is 2.98. The zero-order chi connectivity index (χ0) is 19.5. The summed E-state index contributed by atoms with van der Waals surface area (Å²) in [5.74, 6) is 0. The summed E-state index contributed by atoms with van der Waals surface area (Å²) >= 11 is 0. The van der Waals surface area contributed by atoms with Crippen LogP contribution in [0.2, 0.25) is 0 Å². The minimum absolute atomic E-state index is 0.133. The highest BCUT2D eigenvalue weighted by molar-refractivity contribution is 5.74. The first kappa shape index (κ1) is 22.4. The molecule has 0 heterocycles. The molecular weight excluding hydrogens is 322 g/mol. The van der Waals surface area contributed by atoms with Gasteiger partial charge in [-0.3, -0.25) is 9.79 Å². The number of rotatable bonds is 12. The van der Waals surface area contributed by atoms with Crippen molar-refractivity contribution in [1.82, 2.24) is 5.32 Å². The first-order chi connectivity index (χ1) is 12.4. The third kappa shape index (κ3) is 7.69. The van der Waals surface area contributed by atoms with E-state index >= 15 is 0 Å². The maximum Gasteiger partial charge on any atom is 0.207 e. The van der Waals surface area contributed by atoms with Crippen LogP contribution in [0.25, 0.3) is 0 Å². The molecule has 0 saturated carbocycles. The molecule has 0 saturated heterocycles. The zero-order valence-corrected chi connectivity index (χ0v) is 17.1. The van der Waals surface area contributed by atoms with E-state index in [2.05, 4.69) is 62.3 Å². The van der Waals surface area contributed by atoms with Gasteiger partial charge in [0.1, 0.15) is 0 Å². The normalized spacial score (nSPS) is 14.3. The van der Waals surface area contributed by atoms with Gasteiger partial charge in [0.2, 0.25) is 6.41 Å². The lowest BCUT2D eigenvalue weighted by atomic mass is 9.84. The van der Waals surface area contributed by atoms with Gasteiger partial charge in [0.15, 0.2) is 0 Å². The minimum Gasteiger partial charge on any atom is -0.348 e. The van der Waals surface area contributed by atoms with E-state index in [1.165, 1.54) is 30.4 Å². The smallest absolute Gasteiger partial charge is 0.207 e. The SMILES string of the molecule is CCCCCCN=CC(CCN)(Cc1ccc(C(C)(C)C)cc1)NC=O. The Balaban J connectivity index is 2.87. The highest BCUT2D eigenvalue weighted by Crippen LogP contribution is 2.24. The van der Waals surface area contributed by atoms with Gasteiger partial charge in [-0.25, -0.2) is 0 Å². The lowest BCUT2D eigenvalue weighted by Crippen LogP contribution is -2.49. The Hall–Kier alpha value is -1.68. The van der Waals surface area contributed by atoms with E-state index in [9.17, 15) is 4.79 Å². The van der Waals surface area contributed by atoms with Gasteiger partial charge in [-0.15, -0.1) is 0 Å². The molecule has 1 aromatic carbocycles. The van der Waals surface area contributed by atoms with Crippen molar-refractivity contribution < 1.29 is 4.79 Å². The Morgan fingerprint density at radius 3 is 2.35 bits per heavy atom. The number of carbonyl (C=O) groups is 1. The van der Waals surface area contributed by atoms with Crippen molar-refractivity contribution in [2.24, 2.45) is 10.7 Å². The van der Waals surface area contributed by atoms with Crippen molar-refractivity contribution in [3.05, 3.63) is 35.4 Å². The van der Waals surface area contributed by atoms with Crippen LogP contribution < -0.4 is 11.1 Å². The van der Waals surface area contributed by atoms with Crippen LogP contribution in [0.5, 0.6) is 0 Å². The van der Waals surface area contributed by atoms with Gasteiger partial charge in [-0.2, -0.15) is 0 Å². The maximum atomic E-state index is 11.2. The number of nitrogens with two attached hydrogens (primary N) is 1. The van der Waals surface area contributed by atoms with Gasteiger partial charge in [-0.05, 0) is 35.9 Å². The number of hydrogen-bond acceptors (Lipinski definition) is 3. The van der Waals surface area contributed by atoms with E-state index in [1.54, 1.807) is 0 Å². The van der Waals surface area contributed by atoms with Gasteiger partial charge in [0.25, 0.3) is 0 Å². The fraction of sp³-hybridized carbons (Fsp3) is 0.636. The Labute approximate surface area is 159 Å². The van der Waals surface area contributed by atoms with Crippen LogP contribution in [0, 0.1) is 0 Å². The number of hydrogen-bond donors (Lipinski definition) is 2. The molecule has 0 radical (unpaired) electrons. The fourth-order valence-corrected chi connectivity index (χ4v) is 3.09. The molecule has 4 nitrogen and oxygen atoms in total. The standard InChI is InChI=1S/C22H37N3O/c1-5-6-7-8-15-24-17-22(13-14-23,25-18-26)16-19-9-11-20(12-10-19)21(2,3)4/h9-12,17-18H,5-8,13-16,23H2,1-4H3,(H,25,26). The van der Waals surface area contributed by atoms with Crippen LogP contribution >= 0.6 is 0 Å². The Morgan fingerprint density at radius 1 is 1.12 bits per heavy atom. The Kier molecular flexibility index (Phi) is 9.57. The number of amides is 1. The highest BCUT2D eigenvalue weighted by atomic mass is 16.1. The van der Waals surface area contributed by atoms with Crippen LogP contribution in [-0.2, 0) is 16.6 Å². The van der Waals surface area contributed by atoms with Crippen molar-refractivity contribution in [2.45, 2.75) is 77.2 Å². The van der Waals surface area contributed by atoms with Gasteiger partial charge >= 0.3 is 0 Å². The number of nitrogens with one attached hydrogen (secondary N) is 1. The molecule has 1 amide bonds. The predicted octanol–water partition coefficient (Wildman–Crippen LogP) is 4.01. The lowest BCUT2D eigenvalue weighted by molar-refractivity contribution is -0.110. The first-order valence-electron chi connectivity index (χ1n) is 9.88. The largest absolute Gasteiger partial charge is 0.348 e. The third-order valence-corrected chi connectivity index (χ3v) is 4.76. The number of aliphatic imine (C=N–C) groups is 1. The fourth-order valence-electron chi connectivity index (χ4n) is 3.09. The van der Waals surface area contributed by atoms with E-state index in [0.29, 0.717) is 19.4 Å². The van der Waals surface area contributed by atoms with E-state index in [0.717, 1.165) is 19.4 Å². The summed E-state index contributed by atoms with van der Waals surface area (Å²) in [6.45, 7) is 10.1. The second-order valence-electron chi connectivity index (χ2n) is 8.18. The summed E-state index contributed by atoms with van der Waals surface area (Å²) in [4.78, 5) is 15.8. The maximum absolute atomic E-state index is 11.2. The zero-order valence-electron chi connectivity index (χ0n) is 17.1. The number of benzene rings is 1. The molecule has 3 N–H and O–H groups in total. The van der Waals surface area contributed by atoms with Gasteiger partial charge < -0.3 is 11.1 Å². The molecule has 0 spiro atoms. The second-order valence-corrected chi connectivity index (χ2v) is 8.18.